The minimum atomic E-state index is -1.02. The highest BCUT2D eigenvalue weighted by Gasteiger charge is 2.22. The van der Waals surface area contributed by atoms with Crippen molar-refractivity contribution in [3.8, 4) is 6.07 Å². The highest BCUT2D eigenvalue weighted by atomic mass is 35.5. The molecule has 2 aromatic rings. The average molecular weight is 308 g/mol. The molecule has 1 atom stereocenters. The Bertz CT molecular complexity index is 672. The van der Waals surface area contributed by atoms with Crippen LogP contribution in [0.3, 0.4) is 0 Å². The third-order valence-corrected chi connectivity index (χ3v) is 3.18. The third kappa shape index (κ3) is 3.16. The van der Waals surface area contributed by atoms with Crippen LogP contribution < -0.4 is 0 Å². The Morgan fingerprint density at radius 1 is 1.10 bits per heavy atom. The zero-order chi connectivity index (χ0) is 14.7. The summed E-state index contributed by atoms with van der Waals surface area (Å²) in [6, 6.07) is 11.5. The number of Topliss-reactive ketones (excluding diaryl/α,β-unsaturated/α-hetero) is 1. The number of benzene rings is 2. The number of halogens is 3. The minimum Gasteiger partial charge on any atom is -0.292 e. The van der Waals surface area contributed by atoms with Crippen LogP contribution in [0.25, 0.3) is 0 Å². The van der Waals surface area contributed by atoms with Crippen molar-refractivity contribution in [3.63, 3.8) is 0 Å². The highest BCUT2D eigenvalue weighted by Crippen LogP contribution is 2.25. The van der Waals surface area contributed by atoms with Crippen molar-refractivity contribution in [1.29, 1.82) is 5.26 Å². The van der Waals surface area contributed by atoms with Crippen LogP contribution in [0.15, 0.2) is 42.5 Å². The van der Waals surface area contributed by atoms with E-state index in [-0.39, 0.29) is 5.56 Å². The van der Waals surface area contributed by atoms with Gasteiger partial charge in [0.05, 0.1) is 6.07 Å². The van der Waals surface area contributed by atoms with Gasteiger partial charge in [-0.1, -0.05) is 35.3 Å². The Morgan fingerprint density at radius 3 is 2.15 bits per heavy atom. The van der Waals surface area contributed by atoms with Crippen LogP contribution >= 0.6 is 23.2 Å². The monoisotopic (exact) mass is 307 g/mol. The topological polar surface area (TPSA) is 40.9 Å². The second-order valence-corrected chi connectivity index (χ2v) is 5.01. The van der Waals surface area contributed by atoms with Crippen molar-refractivity contribution in [2.45, 2.75) is 5.92 Å². The molecule has 0 saturated heterocycles. The Labute approximate surface area is 125 Å². The molecule has 2 rings (SSSR count). The van der Waals surface area contributed by atoms with Crippen LogP contribution in [0.5, 0.6) is 0 Å². The number of carbonyl (C=O) groups is 1. The van der Waals surface area contributed by atoms with Gasteiger partial charge in [-0.3, -0.25) is 4.79 Å². The molecule has 100 valence electrons. The van der Waals surface area contributed by atoms with Crippen LogP contribution in [0.2, 0.25) is 10.0 Å². The van der Waals surface area contributed by atoms with E-state index < -0.39 is 17.5 Å². The van der Waals surface area contributed by atoms with Gasteiger partial charge in [0.2, 0.25) is 0 Å². The van der Waals surface area contributed by atoms with Crippen molar-refractivity contribution in [3.05, 3.63) is 69.5 Å². The zero-order valence-electron chi connectivity index (χ0n) is 10.1. The second kappa shape index (κ2) is 6.04. The lowest BCUT2D eigenvalue weighted by Crippen LogP contribution is -2.11. The maximum atomic E-state index is 12.9. The lowest BCUT2D eigenvalue weighted by atomic mass is 9.92. The molecule has 2 nitrogen and oxygen atoms in total. The molecular weight excluding hydrogens is 300 g/mol. The first-order chi connectivity index (χ1) is 9.51. The molecule has 1 unspecified atom stereocenters. The van der Waals surface area contributed by atoms with Crippen LogP contribution in [0, 0.1) is 17.1 Å². The molecule has 0 saturated carbocycles. The first-order valence-electron chi connectivity index (χ1n) is 5.66. The molecule has 2 aromatic carbocycles. The average Bonchev–Trinajstić information content (AvgIpc) is 2.40. The predicted octanol–water partition coefficient (Wildman–Crippen LogP) is 4.62. The third-order valence-electron chi connectivity index (χ3n) is 2.74. The Kier molecular flexibility index (Phi) is 4.39. The number of hydrogen-bond acceptors (Lipinski definition) is 2. The largest absolute Gasteiger partial charge is 0.292 e. The fraction of sp³-hybridized carbons (Fsp3) is 0.0667. The summed E-state index contributed by atoms with van der Waals surface area (Å²) < 4.78 is 12.9. The number of ketones is 1. The normalized spacial score (nSPS) is 11.7. The quantitative estimate of drug-likeness (QED) is 0.776. The fourth-order valence-corrected chi connectivity index (χ4v) is 2.33. The number of hydrogen-bond donors (Lipinski definition) is 0. The summed E-state index contributed by atoms with van der Waals surface area (Å²) in [5.74, 6) is -1.88. The SMILES string of the molecule is N#CC(C(=O)c1cc(Cl)cc(Cl)c1)c1ccc(F)cc1. The molecule has 5 heteroatoms. The van der Waals surface area contributed by atoms with Gasteiger partial charge in [-0.25, -0.2) is 4.39 Å². The molecule has 0 aliphatic rings. The summed E-state index contributed by atoms with van der Waals surface area (Å²) in [5.41, 5.74) is 0.674. The summed E-state index contributed by atoms with van der Waals surface area (Å²) in [6.07, 6.45) is 0. The molecule has 20 heavy (non-hydrogen) atoms. The summed E-state index contributed by atoms with van der Waals surface area (Å²) in [4.78, 5) is 12.3. The van der Waals surface area contributed by atoms with Crippen molar-refractivity contribution in [2.24, 2.45) is 0 Å². The molecule has 0 N–H and O–H groups in total. The second-order valence-electron chi connectivity index (χ2n) is 4.14. The predicted molar refractivity (Wildman–Crippen MR) is 75.5 cm³/mol. The van der Waals surface area contributed by atoms with E-state index in [1.54, 1.807) is 0 Å². The van der Waals surface area contributed by atoms with Crippen LogP contribution in [-0.4, -0.2) is 5.78 Å². The smallest absolute Gasteiger partial charge is 0.184 e. The lowest BCUT2D eigenvalue weighted by molar-refractivity contribution is 0.0979. The molecule has 0 aliphatic carbocycles. The van der Waals surface area contributed by atoms with Crippen LogP contribution in [-0.2, 0) is 0 Å². The van der Waals surface area contributed by atoms with E-state index in [1.165, 1.54) is 42.5 Å². The molecule has 0 aromatic heterocycles. The Hall–Kier alpha value is -1.89. The maximum Gasteiger partial charge on any atom is 0.184 e. The fourth-order valence-electron chi connectivity index (χ4n) is 1.80. The molecular formula is C15H8Cl2FNO. The molecule has 0 aliphatic heterocycles. The van der Waals surface area contributed by atoms with E-state index in [4.69, 9.17) is 23.2 Å². The van der Waals surface area contributed by atoms with Gasteiger partial charge in [-0.15, -0.1) is 0 Å². The van der Waals surface area contributed by atoms with Gasteiger partial charge in [-0.2, -0.15) is 5.26 Å². The first-order valence-corrected chi connectivity index (χ1v) is 6.42. The van der Waals surface area contributed by atoms with Crippen molar-refractivity contribution in [2.75, 3.05) is 0 Å². The van der Waals surface area contributed by atoms with E-state index in [2.05, 4.69) is 0 Å². The number of nitriles is 1. The summed E-state index contributed by atoms with van der Waals surface area (Å²) in [6.45, 7) is 0. The van der Waals surface area contributed by atoms with E-state index >= 15 is 0 Å². The standard InChI is InChI=1S/C15H8Cl2FNO/c16-11-5-10(6-12(17)7-11)15(20)14(8-19)9-1-3-13(18)4-2-9/h1-7,14H. The highest BCUT2D eigenvalue weighted by molar-refractivity contribution is 6.35. The van der Waals surface area contributed by atoms with Gasteiger partial charge in [0, 0.05) is 15.6 Å². The van der Waals surface area contributed by atoms with Gasteiger partial charge < -0.3 is 0 Å². The van der Waals surface area contributed by atoms with E-state index in [0.29, 0.717) is 15.6 Å². The van der Waals surface area contributed by atoms with Gasteiger partial charge >= 0.3 is 0 Å². The first kappa shape index (κ1) is 14.5. The number of nitrogens with zero attached hydrogens (tertiary/aromatic N) is 1. The molecule has 0 heterocycles. The Balaban J connectivity index is 2.39. The Morgan fingerprint density at radius 2 is 1.65 bits per heavy atom. The van der Waals surface area contributed by atoms with E-state index in [0.717, 1.165) is 0 Å². The van der Waals surface area contributed by atoms with Crippen LogP contribution in [0.4, 0.5) is 4.39 Å². The van der Waals surface area contributed by atoms with Gasteiger partial charge in [-0.05, 0) is 35.9 Å². The van der Waals surface area contributed by atoms with Crippen molar-refractivity contribution < 1.29 is 9.18 Å². The van der Waals surface area contributed by atoms with E-state index in [9.17, 15) is 14.4 Å². The van der Waals surface area contributed by atoms with Gasteiger partial charge in [0.25, 0.3) is 0 Å². The van der Waals surface area contributed by atoms with Crippen LogP contribution in [0.1, 0.15) is 21.8 Å². The molecule has 0 amide bonds. The number of carbonyl (C=O) groups excluding carboxylic acids is 1. The maximum absolute atomic E-state index is 12.9. The number of rotatable bonds is 3. The summed E-state index contributed by atoms with van der Waals surface area (Å²) in [7, 11) is 0. The minimum absolute atomic E-state index is 0.248. The van der Waals surface area contributed by atoms with E-state index in [1.807, 2.05) is 6.07 Å². The lowest BCUT2D eigenvalue weighted by Gasteiger charge is -2.09. The molecule has 0 spiro atoms. The van der Waals surface area contributed by atoms with Crippen molar-refractivity contribution >= 4 is 29.0 Å². The summed E-state index contributed by atoms with van der Waals surface area (Å²) in [5, 5.41) is 9.82. The zero-order valence-corrected chi connectivity index (χ0v) is 11.6. The van der Waals surface area contributed by atoms with Crippen molar-refractivity contribution in [1.82, 2.24) is 0 Å². The van der Waals surface area contributed by atoms with Gasteiger partial charge in [0.1, 0.15) is 11.7 Å². The molecule has 0 bridgehead atoms. The molecule has 0 radical (unpaired) electrons. The summed E-state index contributed by atoms with van der Waals surface area (Å²) >= 11 is 11.7. The molecule has 0 fully saturated rings. The van der Waals surface area contributed by atoms with Gasteiger partial charge in [0.15, 0.2) is 5.78 Å².